The van der Waals surface area contributed by atoms with Crippen LogP contribution >= 0.6 is 0 Å². The van der Waals surface area contributed by atoms with Gasteiger partial charge in [-0.05, 0) is 48.0 Å². The van der Waals surface area contributed by atoms with Gasteiger partial charge in [0.05, 0.1) is 5.69 Å². The number of anilines is 2. The van der Waals surface area contributed by atoms with E-state index < -0.39 is 0 Å². The lowest BCUT2D eigenvalue weighted by molar-refractivity contribution is 0.0951. The normalized spacial score (nSPS) is 10.3. The Bertz CT molecular complexity index is 1080. The molecule has 6 nitrogen and oxygen atoms in total. The fourth-order valence-corrected chi connectivity index (χ4v) is 2.83. The zero-order chi connectivity index (χ0) is 19.9. The van der Waals surface area contributed by atoms with Crippen LogP contribution in [0.4, 0.5) is 11.5 Å². The van der Waals surface area contributed by atoms with Gasteiger partial charge in [0.1, 0.15) is 0 Å². The quantitative estimate of drug-likeness (QED) is 0.523. The van der Waals surface area contributed by atoms with Gasteiger partial charge in [0.2, 0.25) is 0 Å². The van der Waals surface area contributed by atoms with Crippen molar-refractivity contribution in [1.29, 1.82) is 0 Å². The molecule has 0 saturated heterocycles. The van der Waals surface area contributed by atoms with E-state index in [0.717, 1.165) is 22.5 Å². The summed E-state index contributed by atoms with van der Waals surface area (Å²) in [5.41, 5.74) is 4.15. The van der Waals surface area contributed by atoms with Crippen LogP contribution < -0.4 is 10.6 Å². The molecular weight excluding hydrogens is 362 g/mol. The number of aromatic nitrogens is 3. The van der Waals surface area contributed by atoms with Crippen LogP contribution in [0.25, 0.3) is 11.3 Å². The standard InChI is InChI=1S/C23H19N5O/c29-23(25-16-17-11-13-24-14-12-17)19-7-4-8-20(15-19)26-22-10-9-21(27-28-22)18-5-2-1-3-6-18/h1-15H,16H2,(H,25,29)(H,26,28). The van der Waals surface area contributed by atoms with Crippen LogP contribution in [0.15, 0.2) is 91.3 Å². The summed E-state index contributed by atoms with van der Waals surface area (Å²) in [4.78, 5) is 16.4. The number of amides is 1. The predicted molar refractivity (Wildman–Crippen MR) is 113 cm³/mol. The highest BCUT2D eigenvalue weighted by molar-refractivity contribution is 5.95. The van der Waals surface area contributed by atoms with E-state index in [1.807, 2.05) is 66.7 Å². The molecule has 4 aromatic rings. The highest BCUT2D eigenvalue weighted by Crippen LogP contribution is 2.19. The SMILES string of the molecule is O=C(NCc1ccncc1)c1cccc(Nc2ccc(-c3ccccc3)nn2)c1. The number of pyridine rings is 1. The molecular formula is C23H19N5O. The van der Waals surface area contributed by atoms with E-state index in [-0.39, 0.29) is 5.91 Å². The van der Waals surface area contributed by atoms with Crippen LogP contribution in [0.5, 0.6) is 0 Å². The molecule has 0 aliphatic heterocycles. The third-order valence-corrected chi connectivity index (χ3v) is 4.33. The molecule has 4 rings (SSSR count). The van der Waals surface area contributed by atoms with Gasteiger partial charge in [-0.3, -0.25) is 9.78 Å². The maximum absolute atomic E-state index is 12.4. The smallest absolute Gasteiger partial charge is 0.251 e. The number of hydrogen-bond donors (Lipinski definition) is 2. The molecule has 6 heteroatoms. The van der Waals surface area contributed by atoms with Crippen molar-refractivity contribution in [3.8, 4) is 11.3 Å². The van der Waals surface area contributed by atoms with Gasteiger partial charge in [0, 0.05) is 35.8 Å². The van der Waals surface area contributed by atoms with Gasteiger partial charge in [-0.15, -0.1) is 10.2 Å². The van der Waals surface area contributed by atoms with Crippen molar-refractivity contribution in [2.24, 2.45) is 0 Å². The van der Waals surface area contributed by atoms with Gasteiger partial charge in [0.25, 0.3) is 5.91 Å². The molecule has 0 fully saturated rings. The molecule has 2 aromatic heterocycles. The highest BCUT2D eigenvalue weighted by Gasteiger charge is 2.07. The van der Waals surface area contributed by atoms with Crippen LogP contribution in [0, 0.1) is 0 Å². The zero-order valence-electron chi connectivity index (χ0n) is 15.6. The monoisotopic (exact) mass is 381 g/mol. The van der Waals surface area contributed by atoms with Crippen LogP contribution in [0.2, 0.25) is 0 Å². The van der Waals surface area contributed by atoms with Crippen LogP contribution in [0.3, 0.4) is 0 Å². The fourth-order valence-electron chi connectivity index (χ4n) is 2.83. The minimum absolute atomic E-state index is 0.143. The van der Waals surface area contributed by atoms with Crippen molar-refractivity contribution in [1.82, 2.24) is 20.5 Å². The summed E-state index contributed by atoms with van der Waals surface area (Å²) < 4.78 is 0. The zero-order valence-corrected chi connectivity index (χ0v) is 15.6. The van der Waals surface area contributed by atoms with E-state index in [4.69, 9.17) is 0 Å². The maximum Gasteiger partial charge on any atom is 0.251 e. The summed E-state index contributed by atoms with van der Waals surface area (Å²) >= 11 is 0. The van der Waals surface area contributed by atoms with Crippen molar-refractivity contribution in [2.75, 3.05) is 5.32 Å². The van der Waals surface area contributed by atoms with Crippen molar-refractivity contribution < 1.29 is 4.79 Å². The Balaban J connectivity index is 1.41. The summed E-state index contributed by atoms with van der Waals surface area (Å²) in [6.45, 7) is 0.450. The second-order valence-electron chi connectivity index (χ2n) is 6.41. The Hall–Kier alpha value is -4.06. The number of nitrogens with one attached hydrogen (secondary N) is 2. The molecule has 2 N–H and O–H groups in total. The summed E-state index contributed by atoms with van der Waals surface area (Å²) in [7, 11) is 0. The van der Waals surface area contributed by atoms with E-state index >= 15 is 0 Å². The first-order valence-electron chi connectivity index (χ1n) is 9.21. The highest BCUT2D eigenvalue weighted by atomic mass is 16.1. The number of nitrogens with zero attached hydrogens (tertiary/aromatic N) is 3. The van der Waals surface area contributed by atoms with Gasteiger partial charge in [-0.1, -0.05) is 36.4 Å². The first-order chi connectivity index (χ1) is 14.3. The molecule has 0 bridgehead atoms. The largest absolute Gasteiger partial charge is 0.348 e. The average molecular weight is 381 g/mol. The molecule has 0 radical (unpaired) electrons. The molecule has 29 heavy (non-hydrogen) atoms. The first kappa shape index (κ1) is 18.3. The summed E-state index contributed by atoms with van der Waals surface area (Å²) in [6, 6.07) is 24.7. The Labute approximate surface area is 168 Å². The Morgan fingerprint density at radius 3 is 2.41 bits per heavy atom. The number of carbonyl (C=O) groups is 1. The topological polar surface area (TPSA) is 79.8 Å². The minimum Gasteiger partial charge on any atom is -0.348 e. The lowest BCUT2D eigenvalue weighted by atomic mass is 10.1. The second-order valence-corrected chi connectivity index (χ2v) is 6.41. The molecule has 2 aromatic carbocycles. The number of rotatable bonds is 6. The van der Waals surface area contributed by atoms with Crippen LogP contribution in [-0.4, -0.2) is 21.1 Å². The van der Waals surface area contributed by atoms with Crippen molar-refractivity contribution in [3.63, 3.8) is 0 Å². The third-order valence-electron chi connectivity index (χ3n) is 4.33. The van der Waals surface area contributed by atoms with Gasteiger partial charge in [-0.2, -0.15) is 0 Å². The van der Waals surface area contributed by atoms with Gasteiger partial charge in [-0.25, -0.2) is 0 Å². The minimum atomic E-state index is -0.143. The second kappa shape index (κ2) is 8.75. The maximum atomic E-state index is 12.4. The van der Waals surface area contributed by atoms with Gasteiger partial charge in [0.15, 0.2) is 5.82 Å². The molecule has 1 amide bonds. The molecule has 0 unspecified atom stereocenters. The number of hydrogen-bond acceptors (Lipinski definition) is 5. The lowest BCUT2D eigenvalue weighted by Gasteiger charge is -2.09. The molecule has 0 aliphatic rings. The molecule has 0 spiro atoms. The Morgan fingerprint density at radius 1 is 0.828 bits per heavy atom. The molecule has 142 valence electrons. The number of benzene rings is 2. The molecule has 0 atom stereocenters. The molecule has 2 heterocycles. The summed E-state index contributed by atoms with van der Waals surface area (Å²) in [5, 5.41) is 14.6. The summed E-state index contributed by atoms with van der Waals surface area (Å²) in [6.07, 6.45) is 3.41. The van der Waals surface area contributed by atoms with E-state index in [1.54, 1.807) is 24.5 Å². The van der Waals surface area contributed by atoms with E-state index in [0.29, 0.717) is 17.9 Å². The van der Waals surface area contributed by atoms with Crippen molar-refractivity contribution in [3.05, 3.63) is 102 Å². The van der Waals surface area contributed by atoms with Gasteiger partial charge < -0.3 is 10.6 Å². The lowest BCUT2D eigenvalue weighted by Crippen LogP contribution is -2.22. The predicted octanol–water partition coefficient (Wildman–Crippen LogP) is 4.21. The van der Waals surface area contributed by atoms with E-state index in [2.05, 4.69) is 25.8 Å². The number of carbonyl (C=O) groups excluding carboxylic acids is 1. The van der Waals surface area contributed by atoms with Crippen LogP contribution in [-0.2, 0) is 6.54 Å². The summed E-state index contributed by atoms with van der Waals surface area (Å²) in [5.74, 6) is 0.468. The van der Waals surface area contributed by atoms with Gasteiger partial charge >= 0.3 is 0 Å². The van der Waals surface area contributed by atoms with Crippen molar-refractivity contribution >= 4 is 17.4 Å². The first-order valence-corrected chi connectivity index (χ1v) is 9.21. The molecule has 0 saturated carbocycles. The van der Waals surface area contributed by atoms with Crippen molar-refractivity contribution in [2.45, 2.75) is 6.54 Å². The van der Waals surface area contributed by atoms with E-state index in [1.165, 1.54) is 0 Å². The Kier molecular flexibility index (Phi) is 5.53. The average Bonchev–Trinajstić information content (AvgIpc) is 2.79. The van der Waals surface area contributed by atoms with Crippen LogP contribution in [0.1, 0.15) is 15.9 Å². The fraction of sp³-hybridized carbons (Fsp3) is 0.0435. The Morgan fingerprint density at radius 2 is 1.66 bits per heavy atom. The third kappa shape index (κ3) is 4.81. The van der Waals surface area contributed by atoms with E-state index in [9.17, 15) is 4.79 Å². The molecule has 0 aliphatic carbocycles.